The van der Waals surface area contributed by atoms with Gasteiger partial charge in [-0.15, -0.1) is 0 Å². The lowest BCUT2D eigenvalue weighted by Gasteiger charge is -2.18. The molecule has 1 saturated heterocycles. The number of amides is 2. The third-order valence-electron chi connectivity index (χ3n) is 5.00. The van der Waals surface area contributed by atoms with Gasteiger partial charge in [0.1, 0.15) is 0 Å². The average molecular weight is 415 g/mol. The highest BCUT2D eigenvalue weighted by Crippen LogP contribution is 2.28. The molecule has 0 radical (unpaired) electrons. The number of nitrogens with zero attached hydrogens (tertiary/aromatic N) is 1. The van der Waals surface area contributed by atoms with Crippen LogP contribution >= 0.6 is 15.9 Å². The molecule has 1 fully saturated rings. The van der Waals surface area contributed by atoms with Crippen LogP contribution in [0.4, 0.5) is 11.4 Å². The van der Waals surface area contributed by atoms with E-state index >= 15 is 0 Å². The lowest BCUT2D eigenvalue weighted by Crippen LogP contribution is -2.28. The van der Waals surface area contributed by atoms with Gasteiger partial charge in [-0.05, 0) is 67.3 Å². The van der Waals surface area contributed by atoms with E-state index in [0.717, 1.165) is 33.4 Å². The van der Waals surface area contributed by atoms with E-state index in [0.29, 0.717) is 6.54 Å². The summed E-state index contributed by atoms with van der Waals surface area (Å²) >= 11 is 3.46. The van der Waals surface area contributed by atoms with Crippen LogP contribution in [0.3, 0.4) is 0 Å². The monoisotopic (exact) mass is 414 g/mol. The van der Waals surface area contributed by atoms with Gasteiger partial charge in [0.15, 0.2) is 0 Å². The fraction of sp³-hybridized carbons (Fsp3) is 0.333. The van der Waals surface area contributed by atoms with Gasteiger partial charge in [0.05, 0.1) is 5.92 Å². The minimum absolute atomic E-state index is 0.0000702. The summed E-state index contributed by atoms with van der Waals surface area (Å²) in [5, 5.41) is 3.01. The number of nitrogens with one attached hydrogen (secondary N) is 1. The fourth-order valence-electron chi connectivity index (χ4n) is 3.24. The molecule has 0 saturated carbocycles. The summed E-state index contributed by atoms with van der Waals surface area (Å²) in [6, 6.07) is 11.8. The van der Waals surface area contributed by atoms with E-state index < -0.39 is 0 Å². The summed E-state index contributed by atoms with van der Waals surface area (Å²) in [7, 11) is 0. The Bertz CT molecular complexity index is 863. The Morgan fingerprint density at radius 2 is 1.96 bits per heavy atom. The quantitative estimate of drug-likeness (QED) is 0.792. The molecule has 1 aliphatic heterocycles. The van der Waals surface area contributed by atoms with Gasteiger partial charge in [0, 0.05) is 28.8 Å². The van der Waals surface area contributed by atoms with E-state index in [1.54, 1.807) is 4.90 Å². The maximum atomic E-state index is 12.7. The highest BCUT2D eigenvalue weighted by Gasteiger charge is 2.35. The predicted molar refractivity (Wildman–Crippen MR) is 109 cm³/mol. The van der Waals surface area contributed by atoms with E-state index in [1.165, 1.54) is 5.56 Å². The van der Waals surface area contributed by atoms with Crippen LogP contribution in [0.1, 0.15) is 30.0 Å². The number of carbonyl (C=O) groups excluding carboxylic acids is 2. The molecule has 0 spiro atoms. The minimum Gasteiger partial charge on any atom is -0.326 e. The first kappa shape index (κ1) is 18.6. The molecule has 4 nitrogen and oxygen atoms in total. The van der Waals surface area contributed by atoms with Gasteiger partial charge >= 0.3 is 0 Å². The Hall–Kier alpha value is -2.14. The number of halogens is 1. The Balaban J connectivity index is 1.74. The third-order valence-corrected chi connectivity index (χ3v) is 5.50. The second-order valence-corrected chi connectivity index (χ2v) is 7.73. The van der Waals surface area contributed by atoms with E-state index in [1.807, 2.05) is 50.2 Å². The molecule has 3 rings (SSSR count). The maximum Gasteiger partial charge on any atom is 0.229 e. The van der Waals surface area contributed by atoms with Crippen molar-refractivity contribution in [3.63, 3.8) is 0 Å². The summed E-state index contributed by atoms with van der Waals surface area (Å²) in [5.74, 6) is -0.431. The number of anilines is 2. The van der Waals surface area contributed by atoms with Gasteiger partial charge in [-0.2, -0.15) is 0 Å². The maximum absolute atomic E-state index is 12.7. The molecular weight excluding hydrogens is 392 g/mol. The summed E-state index contributed by atoms with van der Waals surface area (Å²) in [5.41, 5.74) is 5.09. The summed E-state index contributed by atoms with van der Waals surface area (Å²) in [6.07, 6.45) is 1.07. The molecule has 2 aromatic rings. The molecule has 5 heteroatoms. The highest BCUT2D eigenvalue weighted by molar-refractivity contribution is 9.10. The SMILES string of the molecule is CCc1cc(Br)ccc1NC(=O)[C@@H]1CC(=O)N(c2ccc(C)c(C)c2)C1. The molecule has 26 heavy (non-hydrogen) atoms. The van der Waals surface area contributed by atoms with E-state index in [4.69, 9.17) is 0 Å². The van der Waals surface area contributed by atoms with Crippen LogP contribution in [0.15, 0.2) is 40.9 Å². The summed E-state index contributed by atoms with van der Waals surface area (Å²) in [4.78, 5) is 26.9. The molecule has 2 amide bonds. The number of hydrogen-bond donors (Lipinski definition) is 1. The number of rotatable bonds is 4. The lowest BCUT2D eigenvalue weighted by atomic mass is 10.1. The minimum atomic E-state index is -0.336. The average Bonchev–Trinajstić information content (AvgIpc) is 3.00. The van der Waals surface area contributed by atoms with Crippen LogP contribution in [0.2, 0.25) is 0 Å². The molecule has 1 heterocycles. The molecule has 136 valence electrons. The van der Waals surface area contributed by atoms with Crippen LogP contribution in [0, 0.1) is 19.8 Å². The van der Waals surface area contributed by atoms with Gasteiger partial charge in [-0.1, -0.05) is 28.9 Å². The Morgan fingerprint density at radius 1 is 1.19 bits per heavy atom. The normalized spacial score (nSPS) is 16.8. The van der Waals surface area contributed by atoms with Gasteiger partial charge in [0.2, 0.25) is 11.8 Å². The smallest absolute Gasteiger partial charge is 0.229 e. The van der Waals surface area contributed by atoms with Crippen molar-refractivity contribution in [2.24, 2.45) is 5.92 Å². The predicted octanol–water partition coefficient (Wildman–Crippen LogP) is 4.62. The standard InChI is InChI=1S/C21H23BrN2O2/c1-4-15-10-17(22)6-8-19(15)23-21(26)16-11-20(25)24(12-16)18-7-5-13(2)14(3)9-18/h5-10,16H,4,11-12H2,1-3H3,(H,23,26)/t16-/m1/s1. The van der Waals surface area contributed by atoms with Crippen LogP contribution < -0.4 is 10.2 Å². The first-order valence-corrected chi connectivity index (χ1v) is 9.65. The molecule has 1 N–H and O–H groups in total. The topological polar surface area (TPSA) is 49.4 Å². The summed E-state index contributed by atoms with van der Waals surface area (Å²) in [6.45, 7) is 6.55. The van der Waals surface area contributed by atoms with Crippen molar-refractivity contribution in [1.29, 1.82) is 0 Å². The second-order valence-electron chi connectivity index (χ2n) is 6.82. The van der Waals surface area contributed by atoms with Gasteiger partial charge in [-0.25, -0.2) is 0 Å². The molecule has 0 aliphatic carbocycles. The molecule has 1 aliphatic rings. The molecule has 0 bridgehead atoms. The van der Waals surface area contributed by atoms with Crippen LogP contribution in [0.25, 0.3) is 0 Å². The fourth-order valence-corrected chi connectivity index (χ4v) is 3.65. The van der Waals surface area contributed by atoms with E-state index in [9.17, 15) is 9.59 Å². The van der Waals surface area contributed by atoms with Crippen molar-refractivity contribution < 1.29 is 9.59 Å². The first-order valence-electron chi connectivity index (χ1n) is 8.86. The molecule has 0 unspecified atom stereocenters. The van der Waals surface area contributed by atoms with Crippen LogP contribution in [0.5, 0.6) is 0 Å². The third kappa shape index (κ3) is 3.83. The number of carbonyl (C=O) groups is 2. The summed E-state index contributed by atoms with van der Waals surface area (Å²) < 4.78 is 0.990. The van der Waals surface area contributed by atoms with Gasteiger partial charge < -0.3 is 10.2 Å². The number of hydrogen-bond acceptors (Lipinski definition) is 2. The molecule has 0 aromatic heterocycles. The Morgan fingerprint density at radius 3 is 2.65 bits per heavy atom. The highest BCUT2D eigenvalue weighted by atomic mass is 79.9. The van der Waals surface area contributed by atoms with E-state index in [-0.39, 0.29) is 24.2 Å². The van der Waals surface area contributed by atoms with Gasteiger partial charge in [0.25, 0.3) is 0 Å². The van der Waals surface area contributed by atoms with Crippen LogP contribution in [-0.4, -0.2) is 18.4 Å². The first-order chi connectivity index (χ1) is 12.4. The molecule has 1 atom stereocenters. The Labute approximate surface area is 162 Å². The number of aryl methyl sites for hydroxylation is 3. The van der Waals surface area contributed by atoms with E-state index in [2.05, 4.69) is 28.2 Å². The Kier molecular flexibility index (Phi) is 5.47. The number of benzene rings is 2. The van der Waals surface area contributed by atoms with Crippen molar-refractivity contribution in [3.8, 4) is 0 Å². The largest absolute Gasteiger partial charge is 0.326 e. The van der Waals surface area contributed by atoms with Crippen molar-refractivity contribution in [1.82, 2.24) is 0 Å². The second kappa shape index (κ2) is 7.62. The zero-order valence-electron chi connectivity index (χ0n) is 15.3. The zero-order chi connectivity index (χ0) is 18.8. The lowest BCUT2D eigenvalue weighted by molar-refractivity contribution is -0.122. The van der Waals surface area contributed by atoms with Crippen molar-refractivity contribution in [3.05, 3.63) is 57.6 Å². The zero-order valence-corrected chi connectivity index (χ0v) is 16.9. The van der Waals surface area contributed by atoms with Crippen molar-refractivity contribution in [2.75, 3.05) is 16.8 Å². The van der Waals surface area contributed by atoms with Gasteiger partial charge in [-0.3, -0.25) is 9.59 Å². The van der Waals surface area contributed by atoms with Crippen LogP contribution in [-0.2, 0) is 16.0 Å². The van der Waals surface area contributed by atoms with Crippen molar-refractivity contribution in [2.45, 2.75) is 33.6 Å². The molecular formula is C21H23BrN2O2. The molecule has 2 aromatic carbocycles. The van der Waals surface area contributed by atoms with Crippen molar-refractivity contribution >= 4 is 39.1 Å².